The lowest BCUT2D eigenvalue weighted by atomic mass is 10.1. The first-order chi connectivity index (χ1) is 20.7. The predicted molar refractivity (Wildman–Crippen MR) is 167 cm³/mol. The fraction of sp³-hybridized carbons (Fsp3) is 0.0909. The molecule has 2 amide bonds. The fourth-order valence-corrected chi connectivity index (χ4v) is 5.65. The van der Waals surface area contributed by atoms with Crippen LogP contribution in [0, 0.1) is 6.92 Å². The summed E-state index contributed by atoms with van der Waals surface area (Å²) >= 11 is 1.30. The second-order valence-electron chi connectivity index (χ2n) is 9.66. The Morgan fingerprint density at radius 2 is 1.35 bits per heavy atom. The van der Waals surface area contributed by atoms with Gasteiger partial charge in [-0.25, -0.2) is 9.48 Å². The number of amides is 2. The van der Waals surface area contributed by atoms with Crippen LogP contribution in [0.5, 0.6) is 0 Å². The van der Waals surface area contributed by atoms with Crippen LogP contribution in [0.3, 0.4) is 0 Å². The number of carboxylic acid groups (broad SMARTS) is 1. The van der Waals surface area contributed by atoms with Crippen molar-refractivity contribution >= 4 is 40.9 Å². The number of thioether (sulfide) groups is 1. The number of carbonyl (C=O) groups is 3. The molecular formula is C33H28N4O5S. The molecule has 0 aliphatic rings. The molecule has 0 saturated carbocycles. The number of para-hydroxylation sites is 1. The smallest absolute Gasteiger partial charge is 0.336 e. The number of aromatic nitrogens is 2. The predicted octanol–water partition coefficient (Wildman–Crippen LogP) is 5.91. The summed E-state index contributed by atoms with van der Waals surface area (Å²) in [6.45, 7) is 1.78. The van der Waals surface area contributed by atoms with Crippen molar-refractivity contribution in [3.05, 3.63) is 142 Å². The Morgan fingerprint density at radius 1 is 0.767 bits per heavy atom. The van der Waals surface area contributed by atoms with Gasteiger partial charge >= 0.3 is 5.97 Å². The van der Waals surface area contributed by atoms with Crippen LogP contribution >= 0.6 is 11.8 Å². The zero-order valence-corrected chi connectivity index (χ0v) is 24.2. The second kappa shape index (κ2) is 12.7. The Morgan fingerprint density at radius 3 is 1.98 bits per heavy atom. The largest absolute Gasteiger partial charge is 0.478 e. The van der Waals surface area contributed by atoms with Gasteiger partial charge in [0, 0.05) is 17.6 Å². The van der Waals surface area contributed by atoms with Crippen LogP contribution in [-0.4, -0.2) is 32.3 Å². The first kappa shape index (κ1) is 29.2. The Balaban J connectivity index is 1.37. The standard InChI is InChI=1S/C33H28N4O5S/c1-21-28(32(40)37(36(21)2)24-13-7-4-8-14-24)35-31(39)29(22-11-5-3-6-12-22)43-25-19-17-23(18-20-25)34-30(38)26-15-9-10-16-27(26)33(41)42/h3-20,29H,1-2H3,(H,34,38)(H,35,39)(H,41,42). The van der Waals surface area contributed by atoms with Crippen molar-refractivity contribution in [3.63, 3.8) is 0 Å². The molecule has 1 unspecified atom stereocenters. The van der Waals surface area contributed by atoms with E-state index in [0.29, 0.717) is 17.1 Å². The molecule has 9 nitrogen and oxygen atoms in total. The third-order valence-electron chi connectivity index (χ3n) is 6.91. The molecule has 0 bridgehead atoms. The highest BCUT2D eigenvalue weighted by molar-refractivity contribution is 8.00. The van der Waals surface area contributed by atoms with Crippen LogP contribution in [0.15, 0.2) is 119 Å². The van der Waals surface area contributed by atoms with Crippen LogP contribution in [0.25, 0.3) is 5.69 Å². The van der Waals surface area contributed by atoms with E-state index in [9.17, 15) is 24.3 Å². The molecule has 216 valence electrons. The van der Waals surface area contributed by atoms with Crippen LogP contribution in [0.1, 0.15) is 37.2 Å². The fourth-order valence-electron chi connectivity index (χ4n) is 4.62. The van der Waals surface area contributed by atoms with Crippen molar-refractivity contribution in [2.75, 3.05) is 10.6 Å². The summed E-state index contributed by atoms with van der Waals surface area (Å²) in [4.78, 5) is 52.2. The molecule has 0 saturated heterocycles. The molecule has 1 aromatic heterocycles. The second-order valence-corrected chi connectivity index (χ2v) is 10.8. The lowest BCUT2D eigenvalue weighted by Crippen LogP contribution is -2.25. The SMILES string of the molecule is Cc1c(NC(=O)C(Sc2ccc(NC(=O)c3ccccc3C(=O)O)cc2)c2ccccc2)c(=O)n(-c2ccccc2)n1C. The van der Waals surface area contributed by atoms with Crippen LogP contribution in [0.2, 0.25) is 0 Å². The maximum Gasteiger partial charge on any atom is 0.336 e. The number of nitrogens with one attached hydrogen (secondary N) is 2. The van der Waals surface area contributed by atoms with Crippen molar-refractivity contribution in [2.45, 2.75) is 17.1 Å². The average molecular weight is 593 g/mol. The quantitative estimate of drug-likeness (QED) is 0.183. The van der Waals surface area contributed by atoms with Gasteiger partial charge in [0.05, 0.1) is 22.5 Å². The highest BCUT2D eigenvalue weighted by atomic mass is 32.2. The van der Waals surface area contributed by atoms with Crippen molar-refractivity contribution in [1.29, 1.82) is 0 Å². The third-order valence-corrected chi connectivity index (χ3v) is 8.18. The monoisotopic (exact) mass is 592 g/mol. The lowest BCUT2D eigenvalue weighted by Gasteiger charge is -2.17. The Hall–Kier alpha value is -5.35. The molecule has 1 heterocycles. The van der Waals surface area contributed by atoms with E-state index in [1.807, 2.05) is 60.7 Å². The summed E-state index contributed by atoms with van der Waals surface area (Å²) in [5, 5.41) is 14.3. The molecule has 0 radical (unpaired) electrons. The van der Waals surface area contributed by atoms with Crippen molar-refractivity contribution in [3.8, 4) is 5.69 Å². The lowest BCUT2D eigenvalue weighted by molar-refractivity contribution is -0.115. The van der Waals surface area contributed by atoms with E-state index in [0.717, 1.165) is 10.5 Å². The zero-order valence-electron chi connectivity index (χ0n) is 23.4. The molecule has 3 N–H and O–H groups in total. The molecule has 0 spiro atoms. The summed E-state index contributed by atoms with van der Waals surface area (Å²) in [6.07, 6.45) is 0. The van der Waals surface area contributed by atoms with Crippen molar-refractivity contribution < 1.29 is 19.5 Å². The molecule has 0 aliphatic carbocycles. The van der Waals surface area contributed by atoms with Gasteiger partial charge in [0.2, 0.25) is 5.91 Å². The molecule has 5 rings (SSSR count). The Bertz CT molecular complexity index is 1850. The van der Waals surface area contributed by atoms with Gasteiger partial charge in [0.1, 0.15) is 10.9 Å². The number of hydrogen-bond acceptors (Lipinski definition) is 5. The van der Waals surface area contributed by atoms with Gasteiger partial charge in [0.25, 0.3) is 11.5 Å². The number of hydrogen-bond donors (Lipinski definition) is 3. The maximum absolute atomic E-state index is 13.7. The van der Waals surface area contributed by atoms with Gasteiger partial charge in [-0.05, 0) is 61.0 Å². The first-order valence-corrected chi connectivity index (χ1v) is 14.2. The number of nitrogens with zero attached hydrogens (tertiary/aromatic N) is 2. The molecule has 0 fully saturated rings. The minimum Gasteiger partial charge on any atom is -0.478 e. The van der Waals surface area contributed by atoms with Gasteiger partial charge < -0.3 is 15.7 Å². The van der Waals surface area contributed by atoms with Gasteiger partial charge in [0.15, 0.2) is 0 Å². The number of aromatic carboxylic acids is 1. The zero-order chi connectivity index (χ0) is 30.5. The van der Waals surface area contributed by atoms with Crippen molar-refractivity contribution in [2.24, 2.45) is 7.05 Å². The number of rotatable bonds is 9. The van der Waals surface area contributed by atoms with Gasteiger partial charge in [-0.1, -0.05) is 60.7 Å². The molecule has 1 atom stereocenters. The number of carbonyl (C=O) groups excluding carboxylic acids is 2. The van der Waals surface area contributed by atoms with Crippen LogP contribution in [-0.2, 0) is 11.8 Å². The molecular weight excluding hydrogens is 564 g/mol. The Labute approximate surface area is 251 Å². The minimum atomic E-state index is -1.19. The highest BCUT2D eigenvalue weighted by Crippen LogP contribution is 2.37. The molecule has 5 aromatic rings. The van der Waals surface area contributed by atoms with Gasteiger partial charge in [-0.15, -0.1) is 11.8 Å². The third kappa shape index (κ3) is 6.29. The van der Waals surface area contributed by atoms with Gasteiger partial charge in [-0.3, -0.25) is 19.1 Å². The summed E-state index contributed by atoms with van der Waals surface area (Å²) in [6, 6.07) is 31.4. The number of benzene rings is 4. The van der Waals surface area contributed by atoms with E-state index in [1.165, 1.54) is 28.6 Å². The Kier molecular flexibility index (Phi) is 8.59. The molecule has 0 aliphatic heterocycles. The highest BCUT2D eigenvalue weighted by Gasteiger charge is 2.26. The van der Waals surface area contributed by atoms with E-state index >= 15 is 0 Å². The van der Waals surface area contributed by atoms with E-state index in [-0.39, 0.29) is 28.3 Å². The normalized spacial score (nSPS) is 11.5. The van der Waals surface area contributed by atoms with Crippen molar-refractivity contribution in [1.82, 2.24) is 9.36 Å². The molecule has 43 heavy (non-hydrogen) atoms. The van der Waals surface area contributed by atoms with E-state index < -0.39 is 17.1 Å². The summed E-state index contributed by atoms with van der Waals surface area (Å²) in [7, 11) is 1.77. The first-order valence-electron chi connectivity index (χ1n) is 13.3. The maximum atomic E-state index is 13.7. The minimum absolute atomic E-state index is 0.0526. The van der Waals surface area contributed by atoms with E-state index in [2.05, 4.69) is 10.6 Å². The molecule has 10 heteroatoms. The van der Waals surface area contributed by atoms with Crippen LogP contribution < -0.4 is 16.2 Å². The number of carboxylic acids is 1. The number of anilines is 2. The summed E-state index contributed by atoms with van der Waals surface area (Å²) < 4.78 is 3.22. The van der Waals surface area contributed by atoms with E-state index in [1.54, 1.807) is 55.1 Å². The summed E-state index contributed by atoms with van der Waals surface area (Å²) in [5.74, 6) is -2.09. The average Bonchev–Trinajstić information content (AvgIpc) is 3.24. The van der Waals surface area contributed by atoms with Gasteiger partial charge in [-0.2, -0.15) is 0 Å². The topological polar surface area (TPSA) is 122 Å². The van der Waals surface area contributed by atoms with Crippen LogP contribution in [0.4, 0.5) is 11.4 Å². The van der Waals surface area contributed by atoms with E-state index in [4.69, 9.17) is 0 Å². The summed E-state index contributed by atoms with van der Waals surface area (Å²) in [5.41, 5.74) is 2.36. The molecule has 4 aromatic carbocycles.